The van der Waals surface area contributed by atoms with Crippen molar-refractivity contribution in [1.29, 1.82) is 0 Å². The van der Waals surface area contributed by atoms with E-state index in [0.29, 0.717) is 25.2 Å². The number of carbonyl (C=O) groups is 1. The Morgan fingerprint density at radius 3 is 2.40 bits per heavy atom. The van der Waals surface area contributed by atoms with Gasteiger partial charge in [-0.3, -0.25) is 4.79 Å². The lowest BCUT2D eigenvalue weighted by Crippen LogP contribution is -2.35. The second kappa shape index (κ2) is 18.2. The van der Waals surface area contributed by atoms with Gasteiger partial charge in [0.1, 0.15) is 12.4 Å². The minimum absolute atomic E-state index is 0.270. The van der Waals surface area contributed by atoms with Crippen molar-refractivity contribution in [1.82, 2.24) is 10.2 Å². The second-order valence-corrected chi connectivity index (χ2v) is 8.18. The molecule has 5 heteroatoms. The molecule has 0 saturated heterocycles. The first-order valence-corrected chi connectivity index (χ1v) is 11.5. The summed E-state index contributed by atoms with van der Waals surface area (Å²) in [5.74, 6) is 1.49. The molecule has 1 rings (SSSR count). The maximum Gasteiger partial charge on any atom is 0.223 e. The number of amides is 1. The average molecular weight is 423 g/mol. The summed E-state index contributed by atoms with van der Waals surface area (Å²) < 4.78 is 10.3. The third-order valence-electron chi connectivity index (χ3n) is 4.64. The van der Waals surface area contributed by atoms with Gasteiger partial charge in [0.2, 0.25) is 5.91 Å². The number of nitrogens with one attached hydrogen (secondary N) is 1. The largest absolute Gasteiger partial charge is 0.492 e. The number of hydrogen-bond donors (Lipinski definition) is 1. The van der Waals surface area contributed by atoms with Crippen molar-refractivity contribution in [2.45, 2.75) is 73.3 Å². The molecule has 0 spiro atoms. The van der Waals surface area contributed by atoms with Crippen LogP contribution in [-0.4, -0.2) is 56.8 Å². The van der Waals surface area contributed by atoms with Crippen molar-refractivity contribution < 1.29 is 14.3 Å². The van der Waals surface area contributed by atoms with E-state index in [-0.39, 0.29) is 5.91 Å². The van der Waals surface area contributed by atoms with E-state index < -0.39 is 0 Å². The summed E-state index contributed by atoms with van der Waals surface area (Å²) in [5, 5.41) is 3.02. The van der Waals surface area contributed by atoms with E-state index in [0.717, 1.165) is 44.7 Å². The average Bonchev–Trinajstić information content (AvgIpc) is 3.54. The molecule has 1 aliphatic carbocycles. The van der Waals surface area contributed by atoms with Crippen molar-refractivity contribution in [3.05, 3.63) is 35.6 Å². The van der Waals surface area contributed by atoms with Crippen molar-refractivity contribution in [3.8, 4) is 0 Å². The zero-order valence-electron chi connectivity index (χ0n) is 20.5. The Labute approximate surface area is 185 Å². The zero-order valence-corrected chi connectivity index (χ0v) is 20.5. The first kappa shape index (κ1) is 28.4. The molecule has 0 radical (unpaired) electrons. The lowest BCUT2D eigenvalue weighted by Gasteiger charge is -2.25. The fourth-order valence-electron chi connectivity index (χ4n) is 2.70. The molecule has 1 aliphatic rings. The summed E-state index contributed by atoms with van der Waals surface area (Å²) >= 11 is 0. The fraction of sp³-hybridized carbons (Fsp3) is 0.720. The predicted octanol–water partition coefficient (Wildman–Crippen LogP) is 5.10. The number of ether oxygens (including phenoxy) is 2. The van der Waals surface area contributed by atoms with Gasteiger partial charge in [-0.15, -0.1) is 0 Å². The summed E-state index contributed by atoms with van der Waals surface area (Å²) in [6.07, 6.45) is 12.4. The van der Waals surface area contributed by atoms with Crippen molar-refractivity contribution in [2.75, 3.05) is 40.0 Å². The lowest BCUT2D eigenvalue weighted by atomic mass is 10.2. The van der Waals surface area contributed by atoms with Crippen LogP contribution < -0.4 is 5.32 Å². The molecule has 5 nitrogen and oxygen atoms in total. The molecule has 0 unspecified atom stereocenters. The molecule has 1 N–H and O–H groups in total. The molecule has 0 aromatic carbocycles. The van der Waals surface area contributed by atoms with Crippen LogP contribution in [0.2, 0.25) is 0 Å². The SMILES string of the molecule is C/C=C(/C=C\C=C(C)C)OCCOC.CCCN(CCCNC(=O)C1CC1)C(C)C. The molecule has 1 amide bonds. The summed E-state index contributed by atoms with van der Waals surface area (Å²) in [7, 11) is 1.66. The molecule has 0 bridgehead atoms. The van der Waals surface area contributed by atoms with Gasteiger partial charge in [-0.2, -0.15) is 0 Å². The highest BCUT2D eigenvalue weighted by molar-refractivity contribution is 5.80. The van der Waals surface area contributed by atoms with Gasteiger partial charge < -0.3 is 19.7 Å². The van der Waals surface area contributed by atoms with Crippen LogP contribution >= 0.6 is 0 Å². The van der Waals surface area contributed by atoms with Crippen LogP contribution in [0.5, 0.6) is 0 Å². The standard InChI is InChI=1S/C13H26N2O.C12H20O2/c1-4-9-15(11(2)3)10-5-8-14-13(16)12-6-7-12;1-5-12(14-10-9-13-4)8-6-7-11(2)3/h11-12H,4-10H2,1-3H3,(H,14,16);5-8H,9-10H2,1-4H3/b;8-6-,12-5-. The summed E-state index contributed by atoms with van der Waals surface area (Å²) in [6, 6.07) is 0.610. The van der Waals surface area contributed by atoms with Gasteiger partial charge >= 0.3 is 0 Å². The van der Waals surface area contributed by atoms with E-state index in [4.69, 9.17) is 9.47 Å². The molecule has 0 heterocycles. The summed E-state index contributed by atoms with van der Waals surface area (Å²) in [5.41, 5.74) is 1.27. The Hall–Kier alpha value is -1.59. The third kappa shape index (κ3) is 16.2. The highest BCUT2D eigenvalue weighted by Crippen LogP contribution is 2.28. The summed E-state index contributed by atoms with van der Waals surface area (Å²) in [4.78, 5) is 13.9. The third-order valence-corrected chi connectivity index (χ3v) is 4.64. The Kier molecular flexibility index (Phi) is 17.2. The van der Waals surface area contributed by atoms with Gasteiger partial charge in [0.05, 0.1) is 6.61 Å². The van der Waals surface area contributed by atoms with Gasteiger partial charge in [-0.25, -0.2) is 0 Å². The van der Waals surface area contributed by atoms with Gasteiger partial charge in [0.15, 0.2) is 0 Å². The predicted molar refractivity (Wildman–Crippen MR) is 128 cm³/mol. The molecule has 1 saturated carbocycles. The number of hydrogen-bond acceptors (Lipinski definition) is 4. The molecule has 0 aromatic rings. The number of nitrogens with zero attached hydrogens (tertiary/aromatic N) is 1. The topological polar surface area (TPSA) is 50.8 Å². The summed E-state index contributed by atoms with van der Waals surface area (Å²) in [6.45, 7) is 17.1. The van der Waals surface area contributed by atoms with Gasteiger partial charge in [-0.05, 0) is 79.0 Å². The van der Waals surface area contributed by atoms with Crippen LogP contribution in [0.4, 0.5) is 0 Å². The van der Waals surface area contributed by atoms with E-state index in [2.05, 4.69) is 44.8 Å². The lowest BCUT2D eigenvalue weighted by molar-refractivity contribution is -0.122. The normalized spacial score (nSPS) is 14.0. The van der Waals surface area contributed by atoms with Crippen LogP contribution in [0.15, 0.2) is 35.6 Å². The highest BCUT2D eigenvalue weighted by atomic mass is 16.5. The molecule has 0 aliphatic heterocycles. The Morgan fingerprint density at radius 2 is 1.90 bits per heavy atom. The number of methoxy groups -OCH3 is 1. The minimum atomic E-state index is 0.270. The highest BCUT2D eigenvalue weighted by Gasteiger charge is 2.28. The van der Waals surface area contributed by atoms with E-state index in [1.165, 1.54) is 12.0 Å². The maximum absolute atomic E-state index is 11.4. The Balaban J connectivity index is 0.000000567. The van der Waals surface area contributed by atoms with E-state index in [9.17, 15) is 4.79 Å². The maximum atomic E-state index is 11.4. The first-order valence-electron chi connectivity index (χ1n) is 11.5. The van der Waals surface area contributed by atoms with E-state index in [1.807, 2.05) is 31.2 Å². The first-order chi connectivity index (χ1) is 14.3. The quantitative estimate of drug-likeness (QED) is 0.240. The Bertz CT molecular complexity index is 531. The molecule has 1 fully saturated rings. The molecular weight excluding hydrogens is 376 g/mol. The van der Waals surface area contributed by atoms with Crippen LogP contribution in [0, 0.1) is 5.92 Å². The monoisotopic (exact) mass is 422 g/mol. The molecule has 0 aromatic heterocycles. The fourth-order valence-corrected chi connectivity index (χ4v) is 2.70. The zero-order chi connectivity index (χ0) is 22.8. The number of allylic oxidation sites excluding steroid dienone is 5. The van der Waals surface area contributed by atoms with Crippen LogP contribution in [0.1, 0.15) is 67.2 Å². The number of carbonyl (C=O) groups excluding carboxylic acids is 1. The van der Waals surface area contributed by atoms with Gasteiger partial charge in [0, 0.05) is 32.2 Å². The van der Waals surface area contributed by atoms with Crippen LogP contribution in [0.3, 0.4) is 0 Å². The molecule has 30 heavy (non-hydrogen) atoms. The van der Waals surface area contributed by atoms with Crippen molar-refractivity contribution in [3.63, 3.8) is 0 Å². The molecule has 174 valence electrons. The van der Waals surface area contributed by atoms with E-state index >= 15 is 0 Å². The second-order valence-electron chi connectivity index (χ2n) is 8.18. The van der Waals surface area contributed by atoms with Gasteiger partial charge in [0.25, 0.3) is 0 Å². The molecular formula is C25H46N2O3. The van der Waals surface area contributed by atoms with Crippen LogP contribution in [-0.2, 0) is 14.3 Å². The number of rotatable bonds is 14. The van der Waals surface area contributed by atoms with Crippen molar-refractivity contribution >= 4 is 5.91 Å². The van der Waals surface area contributed by atoms with Crippen molar-refractivity contribution in [2.24, 2.45) is 5.92 Å². The Morgan fingerprint density at radius 1 is 1.20 bits per heavy atom. The molecule has 0 atom stereocenters. The van der Waals surface area contributed by atoms with E-state index in [1.54, 1.807) is 7.11 Å². The minimum Gasteiger partial charge on any atom is -0.492 e. The van der Waals surface area contributed by atoms with Gasteiger partial charge in [-0.1, -0.05) is 24.6 Å². The smallest absolute Gasteiger partial charge is 0.223 e. The van der Waals surface area contributed by atoms with Crippen LogP contribution in [0.25, 0.3) is 0 Å².